The van der Waals surface area contributed by atoms with Crippen LogP contribution < -0.4 is 14.8 Å². The molecule has 0 aliphatic carbocycles. The van der Waals surface area contributed by atoms with E-state index in [1.54, 1.807) is 54.6 Å². The van der Waals surface area contributed by atoms with Crippen LogP contribution >= 0.6 is 11.6 Å². The Hall–Kier alpha value is -2.96. The first-order chi connectivity index (χ1) is 13.1. The van der Waals surface area contributed by atoms with Gasteiger partial charge in [0.1, 0.15) is 29.6 Å². The summed E-state index contributed by atoms with van der Waals surface area (Å²) in [5.74, 6) is 1.67. The molecule has 1 aromatic heterocycles. The van der Waals surface area contributed by atoms with Crippen LogP contribution in [0.4, 0.5) is 5.69 Å². The monoisotopic (exact) mass is 387 g/mol. The maximum atomic E-state index is 12.1. The molecule has 6 nitrogen and oxygen atoms in total. The van der Waals surface area contributed by atoms with Crippen LogP contribution in [0.15, 0.2) is 59.0 Å². The second-order valence-corrected chi connectivity index (χ2v) is 6.01. The van der Waals surface area contributed by atoms with E-state index < -0.39 is 0 Å². The molecule has 0 unspecified atom stereocenters. The van der Waals surface area contributed by atoms with Crippen molar-refractivity contribution in [1.82, 2.24) is 0 Å². The van der Waals surface area contributed by atoms with Crippen molar-refractivity contribution in [2.24, 2.45) is 0 Å². The molecule has 3 aromatic rings. The van der Waals surface area contributed by atoms with Crippen LogP contribution in [0, 0.1) is 0 Å². The fourth-order valence-corrected chi connectivity index (χ4v) is 2.67. The predicted molar refractivity (Wildman–Crippen MR) is 102 cm³/mol. The number of ether oxygens (including phenoxy) is 2. The Kier molecular flexibility index (Phi) is 6.01. The highest BCUT2D eigenvalue weighted by molar-refractivity contribution is 6.32. The number of carbonyl (C=O) groups is 1. The summed E-state index contributed by atoms with van der Waals surface area (Å²) in [7, 11) is 1.53. The highest BCUT2D eigenvalue weighted by atomic mass is 35.5. The van der Waals surface area contributed by atoms with Crippen molar-refractivity contribution in [3.63, 3.8) is 0 Å². The van der Waals surface area contributed by atoms with Crippen LogP contribution in [0.25, 0.3) is 11.3 Å². The Bertz CT molecular complexity index is 938. The Labute approximate surface area is 161 Å². The molecule has 0 saturated carbocycles. The van der Waals surface area contributed by atoms with Gasteiger partial charge in [0, 0.05) is 11.8 Å². The van der Waals surface area contributed by atoms with Crippen molar-refractivity contribution in [2.75, 3.05) is 19.0 Å². The summed E-state index contributed by atoms with van der Waals surface area (Å²) in [6.07, 6.45) is 0. The first-order valence-corrected chi connectivity index (χ1v) is 8.53. The molecule has 0 radical (unpaired) electrons. The van der Waals surface area contributed by atoms with Gasteiger partial charge in [0.05, 0.1) is 17.7 Å². The molecule has 1 amide bonds. The second-order valence-electron chi connectivity index (χ2n) is 5.61. The zero-order chi connectivity index (χ0) is 19.2. The molecular weight excluding hydrogens is 370 g/mol. The van der Waals surface area contributed by atoms with Crippen LogP contribution in [0.5, 0.6) is 11.5 Å². The van der Waals surface area contributed by atoms with E-state index >= 15 is 0 Å². The molecule has 0 saturated heterocycles. The van der Waals surface area contributed by atoms with Crippen LogP contribution in [0.3, 0.4) is 0 Å². The van der Waals surface area contributed by atoms with E-state index in [4.69, 9.17) is 30.6 Å². The van der Waals surface area contributed by atoms with Crippen molar-refractivity contribution >= 4 is 23.2 Å². The number of amides is 1. The number of para-hydroxylation sites is 1. The molecular formula is C20H18ClNO5. The molecule has 0 fully saturated rings. The van der Waals surface area contributed by atoms with Gasteiger partial charge in [-0.1, -0.05) is 23.7 Å². The smallest absolute Gasteiger partial charge is 0.262 e. The minimum atomic E-state index is -0.328. The summed E-state index contributed by atoms with van der Waals surface area (Å²) in [4.78, 5) is 12.1. The first-order valence-electron chi connectivity index (χ1n) is 8.16. The average Bonchev–Trinajstić information content (AvgIpc) is 3.16. The number of nitrogens with one attached hydrogen (secondary N) is 1. The highest BCUT2D eigenvalue weighted by Gasteiger charge is 2.13. The minimum absolute atomic E-state index is 0.175. The van der Waals surface area contributed by atoms with Crippen LogP contribution in [0.2, 0.25) is 5.02 Å². The Balaban J connectivity index is 1.68. The molecule has 0 spiro atoms. The van der Waals surface area contributed by atoms with E-state index in [1.807, 2.05) is 0 Å². The lowest BCUT2D eigenvalue weighted by Crippen LogP contribution is -2.20. The Morgan fingerprint density at radius 2 is 1.96 bits per heavy atom. The number of hydrogen-bond donors (Lipinski definition) is 2. The fraction of sp³-hybridized carbons (Fsp3) is 0.150. The van der Waals surface area contributed by atoms with Crippen molar-refractivity contribution in [3.05, 3.63) is 65.4 Å². The Morgan fingerprint density at radius 3 is 2.67 bits per heavy atom. The van der Waals surface area contributed by atoms with Gasteiger partial charge in [0.2, 0.25) is 0 Å². The number of methoxy groups -OCH3 is 1. The van der Waals surface area contributed by atoms with E-state index in [9.17, 15) is 4.79 Å². The van der Waals surface area contributed by atoms with Crippen molar-refractivity contribution < 1.29 is 23.8 Å². The molecule has 2 N–H and O–H groups in total. The third kappa shape index (κ3) is 4.61. The summed E-state index contributed by atoms with van der Waals surface area (Å²) in [5, 5.41) is 12.3. The van der Waals surface area contributed by atoms with Gasteiger partial charge in [0.25, 0.3) is 5.91 Å². The largest absolute Gasteiger partial charge is 0.496 e. The summed E-state index contributed by atoms with van der Waals surface area (Å²) in [6, 6.07) is 15.6. The number of aliphatic hydroxyl groups is 1. The van der Waals surface area contributed by atoms with Gasteiger partial charge in [-0.15, -0.1) is 0 Å². The molecule has 7 heteroatoms. The number of furan rings is 1. The maximum absolute atomic E-state index is 12.1. The van der Waals surface area contributed by atoms with Crippen molar-refractivity contribution in [3.8, 4) is 22.8 Å². The third-order valence-corrected chi connectivity index (χ3v) is 4.08. The zero-order valence-electron chi connectivity index (χ0n) is 14.6. The Morgan fingerprint density at radius 1 is 1.15 bits per heavy atom. The molecule has 140 valence electrons. The normalized spacial score (nSPS) is 10.5. The van der Waals surface area contributed by atoms with E-state index in [0.717, 1.165) is 0 Å². The number of anilines is 1. The summed E-state index contributed by atoms with van der Waals surface area (Å²) < 4.78 is 16.3. The first kappa shape index (κ1) is 18.8. The average molecular weight is 388 g/mol. The van der Waals surface area contributed by atoms with Gasteiger partial charge in [-0.05, 0) is 36.4 Å². The van der Waals surface area contributed by atoms with Crippen LogP contribution in [0.1, 0.15) is 5.76 Å². The molecule has 0 bridgehead atoms. The number of rotatable bonds is 7. The number of benzene rings is 2. The van der Waals surface area contributed by atoms with Gasteiger partial charge in [-0.2, -0.15) is 0 Å². The lowest BCUT2D eigenvalue weighted by molar-refractivity contribution is -0.118. The van der Waals surface area contributed by atoms with Crippen molar-refractivity contribution in [1.29, 1.82) is 0 Å². The highest BCUT2D eigenvalue weighted by Crippen LogP contribution is 2.33. The molecule has 27 heavy (non-hydrogen) atoms. The lowest BCUT2D eigenvalue weighted by Gasteiger charge is -2.11. The van der Waals surface area contributed by atoms with E-state index in [1.165, 1.54) is 7.11 Å². The van der Waals surface area contributed by atoms with E-state index in [-0.39, 0.29) is 19.1 Å². The van der Waals surface area contributed by atoms with Crippen molar-refractivity contribution in [2.45, 2.75) is 6.61 Å². The molecule has 3 rings (SSSR count). The second kappa shape index (κ2) is 8.62. The van der Waals surface area contributed by atoms with Gasteiger partial charge in [0.15, 0.2) is 6.61 Å². The van der Waals surface area contributed by atoms with E-state index in [0.29, 0.717) is 39.3 Å². The van der Waals surface area contributed by atoms with Crippen LogP contribution in [-0.2, 0) is 11.4 Å². The topological polar surface area (TPSA) is 80.9 Å². The predicted octanol–water partition coefficient (Wildman–Crippen LogP) is 4.12. The SMILES string of the molecule is COc1cc(NC(=O)COc2ccccc2Cl)ccc1-c1ccc(CO)o1. The van der Waals surface area contributed by atoms with Crippen LogP contribution in [-0.4, -0.2) is 24.7 Å². The van der Waals surface area contributed by atoms with E-state index in [2.05, 4.69) is 5.32 Å². The lowest BCUT2D eigenvalue weighted by atomic mass is 10.1. The quantitative estimate of drug-likeness (QED) is 0.637. The number of carbonyl (C=O) groups excluding carboxylic acids is 1. The summed E-state index contributed by atoms with van der Waals surface area (Å²) in [6.45, 7) is -0.353. The van der Waals surface area contributed by atoms with Gasteiger partial charge in [-0.25, -0.2) is 0 Å². The molecule has 0 aliphatic rings. The molecule has 2 aromatic carbocycles. The fourth-order valence-electron chi connectivity index (χ4n) is 2.48. The third-order valence-electron chi connectivity index (χ3n) is 3.76. The number of halogens is 1. The van der Waals surface area contributed by atoms with Gasteiger partial charge in [-0.3, -0.25) is 4.79 Å². The standard InChI is InChI=1S/C20H18ClNO5/c1-25-19-10-13(6-8-15(19)17-9-7-14(11-23)27-17)22-20(24)12-26-18-5-3-2-4-16(18)21/h2-10,23H,11-12H2,1H3,(H,22,24). The molecule has 0 atom stereocenters. The maximum Gasteiger partial charge on any atom is 0.262 e. The van der Waals surface area contributed by atoms with Gasteiger partial charge < -0.3 is 24.3 Å². The molecule has 1 heterocycles. The number of hydrogen-bond acceptors (Lipinski definition) is 5. The summed E-state index contributed by atoms with van der Waals surface area (Å²) in [5.41, 5.74) is 1.26. The zero-order valence-corrected chi connectivity index (χ0v) is 15.3. The number of aliphatic hydroxyl groups excluding tert-OH is 1. The molecule has 0 aliphatic heterocycles. The summed E-state index contributed by atoms with van der Waals surface area (Å²) >= 11 is 6.00. The minimum Gasteiger partial charge on any atom is -0.496 e. The van der Waals surface area contributed by atoms with Gasteiger partial charge >= 0.3 is 0 Å².